The Morgan fingerprint density at radius 1 is 0.947 bits per heavy atom. The van der Waals surface area contributed by atoms with Gasteiger partial charge in [-0.2, -0.15) is 0 Å². The number of ether oxygens (including phenoxy) is 3. The van der Waals surface area contributed by atoms with Crippen molar-refractivity contribution in [1.29, 1.82) is 0 Å². The second-order valence-corrected chi connectivity index (χ2v) is 10.3. The number of amides is 2. The van der Waals surface area contributed by atoms with Crippen LogP contribution in [-0.4, -0.2) is 72.9 Å². The Kier molecular flexibility index (Phi) is 12.1. The first-order chi connectivity index (χ1) is 17.9. The average Bonchev–Trinajstić information content (AvgIpc) is 2.82. The molecule has 0 aromatic heterocycles. The maximum Gasteiger partial charge on any atom is 0.410 e. The van der Waals surface area contributed by atoms with Crippen molar-refractivity contribution >= 4 is 18.2 Å². The van der Waals surface area contributed by atoms with Crippen LogP contribution < -0.4 is 5.32 Å². The summed E-state index contributed by atoms with van der Waals surface area (Å²) in [6.45, 7) is 10.3. The minimum Gasteiger partial charge on any atom is -0.465 e. The van der Waals surface area contributed by atoms with Gasteiger partial charge in [0.2, 0.25) is 0 Å². The van der Waals surface area contributed by atoms with Crippen LogP contribution in [0.15, 0.2) is 54.6 Å². The zero-order valence-electron chi connectivity index (χ0n) is 23.4. The van der Waals surface area contributed by atoms with Crippen LogP contribution >= 0.6 is 0 Å². The molecule has 2 aromatic rings. The van der Waals surface area contributed by atoms with E-state index in [4.69, 9.17) is 14.2 Å². The van der Waals surface area contributed by atoms with Crippen molar-refractivity contribution in [2.75, 3.05) is 33.3 Å². The zero-order valence-corrected chi connectivity index (χ0v) is 23.4. The summed E-state index contributed by atoms with van der Waals surface area (Å²) in [6, 6.07) is 16.7. The monoisotopic (exact) mass is 527 g/mol. The third kappa shape index (κ3) is 12.1. The summed E-state index contributed by atoms with van der Waals surface area (Å²) >= 11 is 0. The third-order valence-electron chi connectivity index (χ3n) is 5.32. The Morgan fingerprint density at radius 2 is 1.63 bits per heavy atom. The number of carbonyl (C=O) groups is 3. The highest BCUT2D eigenvalue weighted by molar-refractivity contribution is 5.72. The molecule has 0 unspecified atom stereocenters. The van der Waals surface area contributed by atoms with Crippen LogP contribution in [0, 0.1) is 6.92 Å². The summed E-state index contributed by atoms with van der Waals surface area (Å²) in [5.74, 6) is -0.371. The van der Waals surface area contributed by atoms with Gasteiger partial charge in [-0.05, 0) is 52.8 Å². The molecule has 1 atom stereocenters. The molecule has 1 N–H and O–H groups in total. The highest BCUT2D eigenvalue weighted by atomic mass is 16.6. The van der Waals surface area contributed by atoms with Gasteiger partial charge in [0.25, 0.3) is 0 Å². The molecule has 2 rings (SSSR count). The van der Waals surface area contributed by atoms with E-state index >= 15 is 0 Å². The fraction of sp³-hybridized carbons (Fsp3) is 0.483. The number of esters is 1. The van der Waals surface area contributed by atoms with Gasteiger partial charge in [0.1, 0.15) is 12.2 Å². The smallest absolute Gasteiger partial charge is 0.410 e. The molecule has 0 aliphatic carbocycles. The minimum atomic E-state index is -0.694. The van der Waals surface area contributed by atoms with E-state index in [0.717, 1.165) is 16.7 Å². The number of nitrogens with zero attached hydrogens (tertiary/aromatic N) is 2. The number of carbonyl (C=O) groups excluding carboxylic acids is 3. The van der Waals surface area contributed by atoms with E-state index in [1.807, 2.05) is 61.5 Å². The maximum absolute atomic E-state index is 13.2. The van der Waals surface area contributed by atoms with E-state index in [-0.39, 0.29) is 45.4 Å². The summed E-state index contributed by atoms with van der Waals surface area (Å²) < 4.78 is 16.1. The molecule has 0 bridgehead atoms. The molecule has 0 aliphatic rings. The molecular formula is C29H41N3O6. The topological polar surface area (TPSA) is 97.4 Å². The van der Waals surface area contributed by atoms with Gasteiger partial charge < -0.3 is 24.4 Å². The van der Waals surface area contributed by atoms with E-state index in [0.29, 0.717) is 0 Å². The molecule has 0 fully saturated rings. The molecule has 0 heterocycles. The molecule has 0 aliphatic heterocycles. The van der Waals surface area contributed by atoms with Crippen LogP contribution in [0.5, 0.6) is 0 Å². The largest absolute Gasteiger partial charge is 0.465 e. The minimum absolute atomic E-state index is 0.0371. The van der Waals surface area contributed by atoms with Crippen LogP contribution in [-0.2, 0) is 32.2 Å². The number of hydrogen-bond donors (Lipinski definition) is 1. The number of aryl methyl sites for hydroxylation is 1. The normalized spacial score (nSPS) is 12.0. The zero-order chi connectivity index (χ0) is 28.1. The average molecular weight is 528 g/mol. The lowest BCUT2D eigenvalue weighted by molar-refractivity contribution is -0.144. The Hall–Kier alpha value is -3.59. The number of hydrogen-bond acceptors (Lipinski definition) is 7. The quantitative estimate of drug-likeness (QED) is 0.320. The lowest BCUT2D eigenvalue weighted by Crippen LogP contribution is -2.51. The van der Waals surface area contributed by atoms with Gasteiger partial charge in [-0.1, -0.05) is 60.2 Å². The fourth-order valence-corrected chi connectivity index (χ4v) is 3.78. The Bertz CT molecular complexity index is 1040. The molecule has 38 heavy (non-hydrogen) atoms. The first-order valence-electron chi connectivity index (χ1n) is 12.8. The number of nitrogens with one attached hydrogen (secondary N) is 1. The molecule has 9 heteroatoms. The molecule has 2 aromatic carbocycles. The number of likely N-dealkylation sites (N-methyl/N-ethyl adjacent to an activating group) is 1. The van der Waals surface area contributed by atoms with Crippen molar-refractivity contribution in [2.45, 2.75) is 59.4 Å². The van der Waals surface area contributed by atoms with Crippen LogP contribution in [0.3, 0.4) is 0 Å². The first kappa shape index (κ1) is 30.6. The van der Waals surface area contributed by atoms with Gasteiger partial charge in [-0.15, -0.1) is 0 Å². The summed E-state index contributed by atoms with van der Waals surface area (Å²) in [5, 5.41) is 2.86. The van der Waals surface area contributed by atoms with Crippen molar-refractivity contribution in [3.8, 4) is 0 Å². The second kappa shape index (κ2) is 15.0. The molecular weight excluding hydrogens is 486 g/mol. The van der Waals surface area contributed by atoms with Gasteiger partial charge in [0.15, 0.2) is 0 Å². The van der Waals surface area contributed by atoms with E-state index < -0.39 is 23.8 Å². The van der Waals surface area contributed by atoms with Crippen molar-refractivity contribution in [1.82, 2.24) is 15.1 Å². The van der Waals surface area contributed by atoms with Crippen molar-refractivity contribution in [3.63, 3.8) is 0 Å². The maximum atomic E-state index is 13.2. The summed E-state index contributed by atoms with van der Waals surface area (Å²) in [7, 11) is 1.75. The van der Waals surface area contributed by atoms with Gasteiger partial charge in [-0.3, -0.25) is 9.69 Å². The van der Waals surface area contributed by atoms with Crippen LogP contribution in [0.4, 0.5) is 9.59 Å². The molecule has 9 nitrogen and oxygen atoms in total. The van der Waals surface area contributed by atoms with Crippen LogP contribution in [0.2, 0.25) is 0 Å². The van der Waals surface area contributed by atoms with Gasteiger partial charge in [0, 0.05) is 19.6 Å². The number of rotatable bonds is 12. The Labute approximate surface area is 226 Å². The Morgan fingerprint density at radius 3 is 2.26 bits per heavy atom. The molecule has 0 spiro atoms. The highest BCUT2D eigenvalue weighted by Gasteiger charge is 2.27. The predicted octanol–water partition coefficient (Wildman–Crippen LogP) is 4.52. The SMILES string of the molecule is CCOC(=O)CN(C)C[C@H](CN(Cc1cccc(C)c1)C(=O)OC(C)(C)C)NC(=O)OCc1ccccc1. The van der Waals surface area contributed by atoms with Crippen LogP contribution in [0.1, 0.15) is 44.4 Å². The molecule has 0 saturated heterocycles. The molecule has 2 amide bonds. The van der Waals surface area contributed by atoms with Gasteiger partial charge in [-0.25, -0.2) is 9.59 Å². The lowest BCUT2D eigenvalue weighted by Gasteiger charge is -2.32. The number of alkyl carbamates (subject to hydrolysis) is 1. The summed E-state index contributed by atoms with van der Waals surface area (Å²) in [6.07, 6.45) is -1.13. The van der Waals surface area contributed by atoms with E-state index in [1.165, 1.54) is 0 Å². The van der Waals surface area contributed by atoms with Gasteiger partial charge >= 0.3 is 18.2 Å². The van der Waals surface area contributed by atoms with E-state index in [1.54, 1.807) is 44.5 Å². The summed E-state index contributed by atoms with van der Waals surface area (Å²) in [5.41, 5.74) is 2.16. The third-order valence-corrected chi connectivity index (χ3v) is 5.32. The first-order valence-corrected chi connectivity index (χ1v) is 12.8. The predicted molar refractivity (Wildman–Crippen MR) is 146 cm³/mol. The molecule has 0 saturated carbocycles. The van der Waals surface area contributed by atoms with Crippen molar-refractivity contribution in [2.24, 2.45) is 0 Å². The fourth-order valence-electron chi connectivity index (χ4n) is 3.78. The second-order valence-electron chi connectivity index (χ2n) is 10.3. The molecule has 0 radical (unpaired) electrons. The molecule has 208 valence electrons. The van der Waals surface area contributed by atoms with Gasteiger partial charge in [0.05, 0.1) is 19.2 Å². The van der Waals surface area contributed by atoms with Crippen LogP contribution in [0.25, 0.3) is 0 Å². The lowest BCUT2D eigenvalue weighted by atomic mass is 10.1. The van der Waals surface area contributed by atoms with E-state index in [2.05, 4.69) is 5.32 Å². The van der Waals surface area contributed by atoms with Crippen molar-refractivity contribution in [3.05, 3.63) is 71.3 Å². The van der Waals surface area contributed by atoms with E-state index in [9.17, 15) is 14.4 Å². The standard InChI is InChI=1S/C29H41N3O6/c1-7-36-26(33)20-31(6)18-25(30-27(34)37-21-23-13-9-8-10-14-23)19-32(28(35)38-29(3,4)5)17-24-15-11-12-22(2)16-24/h8-16,25H,7,17-21H2,1-6H3,(H,30,34)/t25-/m1/s1. The van der Waals surface area contributed by atoms with Crippen molar-refractivity contribution < 1.29 is 28.6 Å². The summed E-state index contributed by atoms with van der Waals surface area (Å²) in [4.78, 5) is 41.2. The Balaban J connectivity index is 2.20. The highest BCUT2D eigenvalue weighted by Crippen LogP contribution is 2.15. The number of benzene rings is 2.